The van der Waals surface area contributed by atoms with Crippen molar-refractivity contribution in [1.29, 1.82) is 0 Å². The summed E-state index contributed by atoms with van der Waals surface area (Å²) in [7, 11) is 0. The second-order valence-electron chi connectivity index (χ2n) is 4.22. The van der Waals surface area contributed by atoms with Crippen LogP contribution in [-0.2, 0) is 6.42 Å². The zero-order valence-corrected chi connectivity index (χ0v) is 12.3. The highest BCUT2D eigenvalue weighted by molar-refractivity contribution is 7.09. The molecule has 0 unspecified atom stereocenters. The fourth-order valence-corrected chi connectivity index (χ4v) is 2.53. The van der Waals surface area contributed by atoms with Crippen LogP contribution in [0.3, 0.4) is 0 Å². The minimum absolute atomic E-state index is 0.0847. The van der Waals surface area contributed by atoms with E-state index in [1.165, 1.54) is 0 Å². The van der Waals surface area contributed by atoms with Gasteiger partial charge in [-0.25, -0.2) is 0 Å². The molecule has 106 valence electrons. The molecule has 2 heterocycles. The minimum atomic E-state index is -0.321. The largest absolute Gasteiger partial charge is 0.407 e. The van der Waals surface area contributed by atoms with Gasteiger partial charge in [-0.3, -0.25) is 10.1 Å². The Morgan fingerprint density at radius 2 is 2.05 bits per heavy atom. The Hall–Kier alpha value is -2.18. The van der Waals surface area contributed by atoms with Gasteiger partial charge >= 0.3 is 6.01 Å². The molecule has 7 heteroatoms. The van der Waals surface area contributed by atoms with Gasteiger partial charge < -0.3 is 4.42 Å². The van der Waals surface area contributed by atoms with Crippen molar-refractivity contribution in [2.75, 3.05) is 5.32 Å². The van der Waals surface area contributed by atoms with Crippen molar-refractivity contribution in [3.05, 3.63) is 63.1 Å². The van der Waals surface area contributed by atoms with Gasteiger partial charge in [0.1, 0.15) is 0 Å². The summed E-state index contributed by atoms with van der Waals surface area (Å²) in [6.07, 6.45) is 0.557. The minimum Gasteiger partial charge on any atom is -0.407 e. The molecule has 0 radical (unpaired) electrons. The first kappa shape index (κ1) is 13.8. The van der Waals surface area contributed by atoms with Gasteiger partial charge in [-0.1, -0.05) is 22.8 Å². The van der Waals surface area contributed by atoms with Crippen molar-refractivity contribution in [2.24, 2.45) is 0 Å². The van der Waals surface area contributed by atoms with Crippen molar-refractivity contribution >= 4 is 34.9 Å². The lowest BCUT2D eigenvalue weighted by atomic mass is 10.2. The fraction of sp³-hybridized carbons (Fsp3) is 0.0714. The molecule has 0 bridgehead atoms. The average molecular weight is 320 g/mol. The van der Waals surface area contributed by atoms with Crippen molar-refractivity contribution in [2.45, 2.75) is 6.42 Å². The van der Waals surface area contributed by atoms with Crippen LogP contribution >= 0.6 is 22.9 Å². The molecule has 21 heavy (non-hydrogen) atoms. The maximum absolute atomic E-state index is 12.0. The van der Waals surface area contributed by atoms with Crippen LogP contribution in [-0.4, -0.2) is 16.1 Å². The standard InChI is InChI=1S/C14H10ClN3O2S/c15-10-5-3-9(4-6-10)13(19)16-14-18-17-12(20-14)8-11-2-1-7-21-11/h1-7H,8H2,(H,16,18,19). The number of aromatic nitrogens is 2. The predicted molar refractivity (Wildman–Crippen MR) is 80.8 cm³/mol. The van der Waals surface area contributed by atoms with Gasteiger partial charge in [0.15, 0.2) is 0 Å². The second kappa shape index (κ2) is 6.07. The van der Waals surface area contributed by atoms with Crippen LogP contribution in [0.25, 0.3) is 0 Å². The monoisotopic (exact) mass is 319 g/mol. The van der Waals surface area contributed by atoms with Crippen molar-refractivity contribution in [3.8, 4) is 0 Å². The summed E-state index contributed by atoms with van der Waals surface area (Å²) in [5, 5.41) is 12.8. The van der Waals surface area contributed by atoms with E-state index >= 15 is 0 Å². The lowest BCUT2D eigenvalue weighted by Gasteiger charge is -2.00. The molecule has 0 atom stereocenters. The Morgan fingerprint density at radius 3 is 2.76 bits per heavy atom. The number of nitrogens with zero attached hydrogens (tertiary/aromatic N) is 2. The normalized spacial score (nSPS) is 10.5. The van der Waals surface area contributed by atoms with Crippen LogP contribution in [0.15, 0.2) is 46.2 Å². The van der Waals surface area contributed by atoms with E-state index < -0.39 is 0 Å². The Morgan fingerprint density at radius 1 is 1.24 bits per heavy atom. The number of nitrogens with one attached hydrogen (secondary N) is 1. The number of benzene rings is 1. The molecule has 1 amide bonds. The summed E-state index contributed by atoms with van der Waals surface area (Å²) in [5.41, 5.74) is 0.470. The van der Waals surface area contributed by atoms with Crippen molar-refractivity contribution < 1.29 is 9.21 Å². The Bertz CT molecular complexity index is 738. The maximum atomic E-state index is 12.0. The number of halogens is 1. The first-order valence-corrected chi connectivity index (χ1v) is 7.38. The number of amides is 1. The van der Waals surface area contributed by atoms with Crippen LogP contribution in [0.2, 0.25) is 5.02 Å². The molecule has 3 rings (SSSR count). The number of hydrogen-bond donors (Lipinski definition) is 1. The molecule has 1 aromatic carbocycles. The van der Waals surface area contributed by atoms with Crippen LogP contribution in [0.4, 0.5) is 6.01 Å². The zero-order valence-electron chi connectivity index (χ0n) is 10.7. The molecule has 0 aliphatic rings. The van der Waals surface area contributed by atoms with Gasteiger partial charge in [0.25, 0.3) is 5.91 Å². The van der Waals surface area contributed by atoms with Gasteiger partial charge in [-0.15, -0.1) is 16.4 Å². The third-order valence-electron chi connectivity index (χ3n) is 2.70. The second-order valence-corrected chi connectivity index (χ2v) is 5.69. The third-order valence-corrected chi connectivity index (χ3v) is 3.83. The third kappa shape index (κ3) is 3.48. The lowest BCUT2D eigenvalue weighted by Crippen LogP contribution is -2.11. The Labute approximate surface area is 129 Å². The quantitative estimate of drug-likeness (QED) is 0.797. The topological polar surface area (TPSA) is 68.0 Å². The molecular weight excluding hydrogens is 310 g/mol. The molecular formula is C14H10ClN3O2S. The summed E-state index contributed by atoms with van der Waals surface area (Å²) in [4.78, 5) is 13.1. The van der Waals surface area contributed by atoms with Crippen LogP contribution < -0.4 is 5.32 Å². The number of rotatable bonds is 4. The molecule has 0 aliphatic heterocycles. The van der Waals surface area contributed by atoms with E-state index in [2.05, 4.69) is 15.5 Å². The Balaban J connectivity index is 1.66. The summed E-state index contributed by atoms with van der Waals surface area (Å²) >= 11 is 7.39. The number of anilines is 1. The van der Waals surface area contributed by atoms with E-state index in [9.17, 15) is 4.79 Å². The summed E-state index contributed by atoms with van der Waals surface area (Å²) in [5.74, 6) is 0.141. The lowest BCUT2D eigenvalue weighted by molar-refractivity contribution is 0.102. The molecule has 2 aromatic heterocycles. The highest BCUT2D eigenvalue weighted by Crippen LogP contribution is 2.16. The maximum Gasteiger partial charge on any atom is 0.322 e. The number of hydrogen-bond acceptors (Lipinski definition) is 5. The van der Waals surface area contributed by atoms with Crippen LogP contribution in [0.1, 0.15) is 21.1 Å². The molecule has 0 spiro atoms. The molecule has 0 saturated heterocycles. The highest BCUT2D eigenvalue weighted by atomic mass is 35.5. The predicted octanol–water partition coefficient (Wildman–Crippen LogP) is 3.63. The first-order valence-electron chi connectivity index (χ1n) is 6.12. The zero-order chi connectivity index (χ0) is 14.7. The number of thiophene rings is 1. The summed E-state index contributed by atoms with van der Waals surface area (Å²) in [6.45, 7) is 0. The van der Waals surface area contributed by atoms with E-state index in [-0.39, 0.29) is 11.9 Å². The van der Waals surface area contributed by atoms with Gasteiger partial charge in [-0.2, -0.15) is 0 Å². The van der Waals surface area contributed by atoms with Gasteiger partial charge in [0.2, 0.25) is 5.89 Å². The van der Waals surface area contributed by atoms with Crippen molar-refractivity contribution in [1.82, 2.24) is 10.2 Å². The van der Waals surface area contributed by atoms with E-state index in [1.54, 1.807) is 35.6 Å². The summed E-state index contributed by atoms with van der Waals surface area (Å²) in [6, 6.07) is 10.6. The van der Waals surface area contributed by atoms with E-state index in [4.69, 9.17) is 16.0 Å². The number of carbonyl (C=O) groups is 1. The van der Waals surface area contributed by atoms with Gasteiger partial charge in [0.05, 0.1) is 6.42 Å². The summed E-state index contributed by atoms with van der Waals surface area (Å²) < 4.78 is 5.40. The van der Waals surface area contributed by atoms with Gasteiger partial charge in [0, 0.05) is 15.5 Å². The fourth-order valence-electron chi connectivity index (χ4n) is 1.71. The average Bonchev–Trinajstić information content (AvgIpc) is 3.12. The van der Waals surface area contributed by atoms with Crippen molar-refractivity contribution in [3.63, 3.8) is 0 Å². The van der Waals surface area contributed by atoms with Gasteiger partial charge in [-0.05, 0) is 35.7 Å². The SMILES string of the molecule is O=C(Nc1nnc(Cc2cccs2)o1)c1ccc(Cl)cc1. The Kier molecular flexibility index (Phi) is 3.98. The van der Waals surface area contributed by atoms with Crippen LogP contribution in [0.5, 0.6) is 0 Å². The highest BCUT2D eigenvalue weighted by Gasteiger charge is 2.12. The van der Waals surface area contributed by atoms with Crippen LogP contribution in [0, 0.1) is 0 Å². The molecule has 5 nitrogen and oxygen atoms in total. The first-order chi connectivity index (χ1) is 10.2. The molecule has 0 fully saturated rings. The number of carbonyl (C=O) groups excluding carboxylic acids is 1. The molecule has 0 aliphatic carbocycles. The molecule has 1 N–H and O–H groups in total. The van der Waals surface area contributed by atoms with E-state index in [1.807, 2.05) is 17.5 Å². The molecule has 3 aromatic rings. The van der Waals surface area contributed by atoms with E-state index in [0.717, 1.165) is 4.88 Å². The van der Waals surface area contributed by atoms with E-state index in [0.29, 0.717) is 22.9 Å². The smallest absolute Gasteiger partial charge is 0.322 e. The molecule has 0 saturated carbocycles.